The van der Waals surface area contributed by atoms with Gasteiger partial charge in [-0.25, -0.2) is 0 Å². The average Bonchev–Trinajstić information content (AvgIpc) is 0.722. The van der Waals surface area contributed by atoms with Crippen LogP contribution < -0.4 is 0 Å². The Morgan fingerprint density at radius 3 is 1.20 bits per heavy atom. The van der Waals surface area contributed by atoms with E-state index in [2.05, 4.69) is 0 Å². The number of hydrogen-bond donors (Lipinski definition) is 0. The van der Waals surface area contributed by atoms with Gasteiger partial charge in [-0.1, -0.05) is 7.77 Å². The molecule has 0 aromatic heterocycles. The molecule has 0 atom stereocenters. The molecule has 0 aromatic rings. The normalized spacial score (nSPS) is 11.6. The van der Waals surface area contributed by atoms with Crippen molar-refractivity contribution in [2.75, 3.05) is 0 Å². The Morgan fingerprint density at radius 2 is 1.20 bits per heavy atom. The van der Waals surface area contributed by atoms with Crippen LogP contribution in [0.5, 0.6) is 0 Å². The van der Waals surface area contributed by atoms with Gasteiger partial charge in [-0.05, 0) is 0 Å². The van der Waals surface area contributed by atoms with E-state index in [0.29, 0.717) is 0 Å². The average molecular weight is 102 g/mol. The van der Waals surface area contributed by atoms with Crippen LogP contribution >= 0.6 is 0 Å². The maximum Gasteiger partial charge on any atom is 0.476 e. The molecule has 0 bridgehead atoms. The lowest BCUT2D eigenvalue weighted by Gasteiger charge is -1.57. The molecule has 0 aromatic carbocycles. The summed E-state index contributed by atoms with van der Waals surface area (Å²) in [6.07, 6.45) is 0. The van der Waals surface area contributed by atoms with Crippen LogP contribution in [0, 0.1) is 0 Å². The zero-order valence-electron chi connectivity index (χ0n) is 1.98. The van der Waals surface area contributed by atoms with Gasteiger partial charge in [-0.15, -0.1) is 0 Å². The molecule has 0 fully saturated rings. The fraction of sp³-hybridized carbons (Fsp3) is 0. The highest BCUT2D eigenvalue weighted by molar-refractivity contribution is 7.81. The zero-order valence-corrected chi connectivity index (χ0v) is 2.80. The van der Waals surface area contributed by atoms with E-state index >= 15 is 0 Å². The summed E-state index contributed by atoms with van der Waals surface area (Å²) in [6, 6.07) is 0. The van der Waals surface area contributed by atoms with Gasteiger partial charge in [0.1, 0.15) is 0 Å². The molecule has 0 aliphatic carbocycles. The maximum atomic E-state index is 9.99. The highest BCUT2D eigenvalue weighted by Crippen LogP contribution is 1.85. The second-order valence-electron chi connectivity index (χ2n) is 0.378. The smallest absolute Gasteiger partial charge is 0.160 e. The first kappa shape index (κ1) is 4.81. The van der Waals surface area contributed by atoms with Gasteiger partial charge >= 0.3 is 10.6 Å². The first-order valence-corrected chi connectivity index (χ1v) is 1.93. The van der Waals surface area contributed by atoms with Crippen LogP contribution in [-0.4, -0.2) is 8.42 Å². The van der Waals surface area contributed by atoms with Gasteiger partial charge in [0.25, 0.3) is 0 Å². The van der Waals surface area contributed by atoms with E-state index in [-0.39, 0.29) is 0 Å². The Labute approximate surface area is 27.9 Å². The first-order valence-electron chi connectivity index (χ1n) is 0.642. The maximum absolute atomic E-state index is 9.99. The summed E-state index contributed by atoms with van der Waals surface area (Å²) in [5.74, 6) is 0. The number of hydrogen-bond acceptors (Lipinski definition) is 2. The molecule has 5 heavy (non-hydrogen) atoms. The van der Waals surface area contributed by atoms with Crippen molar-refractivity contribution in [3.8, 4) is 0 Å². The molecular weight excluding hydrogens is 102 g/mol. The Morgan fingerprint density at radius 1 is 1.20 bits per heavy atom. The van der Waals surface area contributed by atoms with Crippen molar-refractivity contribution in [3.05, 3.63) is 0 Å². The molecule has 0 saturated heterocycles. The molecule has 0 unspecified atom stereocenters. The lowest BCUT2D eigenvalue weighted by Crippen LogP contribution is -1.69. The van der Waals surface area contributed by atoms with Gasteiger partial charge in [0.05, 0.1) is 0 Å². The predicted octanol–water partition coefficient (Wildman–Crippen LogP) is 0.170. The van der Waals surface area contributed by atoms with Crippen LogP contribution in [0.15, 0.2) is 0 Å². The lowest BCUT2D eigenvalue weighted by molar-refractivity contribution is 0.501. The molecule has 2 nitrogen and oxygen atoms in total. The van der Waals surface area contributed by atoms with E-state index in [1.165, 1.54) is 0 Å². The number of halogens is 2. The Kier molecular flexibility index (Phi) is 0.857. The minimum Gasteiger partial charge on any atom is -0.160 e. The molecule has 0 N–H and O–H groups in total. The highest BCUT2D eigenvalue weighted by Gasteiger charge is 1.94. The topological polar surface area (TPSA) is 34.1 Å². The van der Waals surface area contributed by atoms with E-state index in [9.17, 15) is 7.77 Å². The third-order valence-corrected chi connectivity index (χ3v) is 0. The second-order valence-corrected chi connectivity index (χ2v) is 1.14. The monoisotopic (exact) mass is 102 g/mol. The molecule has 0 aliphatic rings. The van der Waals surface area contributed by atoms with E-state index < -0.39 is 10.6 Å². The van der Waals surface area contributed by atoms with E-state index in [1.807, 2.05) is 0 Å². The van der Waals surface area contributed by atoms with E-state index in [1.54, 1.807) is 0 Å². The minimum absolute atomic E-state index is 5.67. The summed E-state index contributed by atoms with van der Waals surface area (Å²) in [5, 5.41) is 0. The van der Waals surface area contributed by atoms with Gasteiger partial charge in [0.15, 0.2) is 0 Å². The number of rotatable bonds is 0. The van der Waals surface area contributed by atoms with E-state index in [0.717, 1.165) is 0 Å². The molecule has 5 heteroatoms. The summed E-state index contributed by atoms with van der Waals surface area (Å²) in [4.78, 5) is 0. The predicted molar refractivity (Wildman–Crippen MR) is 11.1 cm³/mol. The minimum atomic E-state index is -5.67. The van der Waals surface area contributed by atoms with Crippen LogP contribution in [0.1, 0.15) is 0 Å². The van der Waals surface area contributed by atoms with Crippen molar-refractivity contribution in [3.63, 3.8) is 0 Å². The standard InChI is InChI=1S/F2O2S/c1-5(2,3)4. The fourth-order valence-electron chi connectivity index (χ4n) is 0. The Hall–Kier alpha value is -0.190. The summed E-state index contributed by atoms with van der Waals surface area (Å²) in [5.41, 5.74) is 0. The van der Waals surface area contributed by atoms with Gasteiger partial charge in [-0.2, -0.15) is 8.42 Å². The van der Waals surface area contributed by atoms with Crippen LogP contribution in [0.25, 0.3) is 0 Å². The molecule has 0 spiro atoms. The third-order valence-electron chi connectivity index (χ3n) is 0. The Balaban J connectivity index is 4.06. The second kappa shape index (κ2) is 0.891. The summed E-state index contributed by atoms with van der Waals surface area (Å²) in [6.45, 7) is 0. The van der Waals surface area contributed by atoms with Gasteiger partial charge in [0, 0.05) is 0 Å². The van der Waals surface area contributed by atoms with Crippen molar-refractivity contribution in [2.24, 2.45) is 0 Å². The zero-order chi connectivity index (χ0) is 4.50. The van der Waals surface area contributed by atoms with Crippen molar-refractivity contribution in [2.45, 2.75) is 0 Å². The Bertz CT molecular complexity index is 90.8. The van der Waals surface area contributed by atoms with Crippen LogP contribution in [-0.2, 0) is 10.6 Å². The fourth-order valence-corrected chi connectivity index (χ4v) is 0. The van der Waals surface area contributed by atoms with Crippen LogP contribution in [0.4, 0.5) is 7.77 Å². The molecule has 0 radical (unpaired) electrons. The van der Waals surface area contributed by atoms with Crippen molar-refractivity contribution < 1.29 is 16.2 Å². The summed E-state index contributed by atoms with van der Waals surface area (Å²) < 4.78 is 36.6. The van der Waals surface area contributed by atoms with Gasteiger partial charge in [-0.3, -0.25) is 0 Å². The molecule has 0 aliphatic heterocycles. The van der Waals surface area contributed by atoms with Crippen LogP contribution in [0.3, 0.4) is 0 Å². The molecule has 0 amide bonds. The van der Waals surface area contributed by atoms with Gasteiger partial charge < -0.3 is 0 Å². The van der Waals surface area contributed by atoms with Crippen molar-refractivity contribution in [1.29, 1.82) is 0 Å². The molecule has 32 valence electrons. The molecular formula is F2O2S. The quantitative estimate of drug-likeness (QED) is 0.408. The lowest BCUT2D eigenvalue weighted by atomic mass is 15.9. The summed E-state index contributed by atoms with van der Waals surface area (Å²) in [7, 11) is -5.67. The van der Waals surface area contributed by atoms with Crippen LogP contribution in [0.2, 0.25) is 0 Å². The highest BCUT2D eigenvalue weighted by atomic mass is 32.3. The largest absolute Gasteiger partial charge is 0.476 e. The molecule has 0 rings (SSSR count). The first-order chi connectivity index (χ1) is 2.00. The van der Waals surface area contributed by atoms with Crippen molar-refractivity contribution in [1.82, 2.24) is 0 Å². The SMILES string of the molecule is O=S(=O)(F)F. The van der Waals surface area contributed by atoms with E-state index in [4.69, 9.17) is 8.42 Å². The molecule has 0 saturated carbocycles. The molecule has 0 heterocycles. The van der Waals surface area contributed by atoms with Gasteiger partial charge in [0.2, 0.25) is 0 Å². The summed E-state index contributed by atoms with van der Waals surface area (Å²) >= 11 is 0. The van der Waals surface area contributed by atoms with Crippen molar-refractivity contribution >= 4 is 10.6 Å². The third kappa shape index (κ3) is 346.